The molecule has 0 bridgehead atoms. The van der Waals surface area contributed by atoms with Crippen LogP contribution in [0.25, 0.3) is 0 Å². The number of ether oxygens (including phenoxy) is 1. The van der Waals surface area contributed by atoms with Crippen molar-refractivity contribution >= 4 is 5.91 Å². The number of hydrogen-bond acceptors (Lipinski definition) is 8. The predicted molar refractivity (Wildman–Crippen MR) is 134 cm³/mol. The molecular weight excluding hydrogens is 456 g/mol. The number of nitrogens with zero attached hydrogens (tertiary/aromatic N) is 6. The first kappa shape index (κ1) is 25.2. The maximum Gasteiger partial charge on any atom is 0.259 e. The molecule has 4 rings (SSSR count). The van der Waals surface area contributed by atoms with Crippen LogP contribution >= 0.6 is 0 Å². The van der Waals surface area contributed by atoms with E-state index in [1.54, 1.807) is 35.8 Å². The van der Waals surface area contributed by atoms with Crippen molar-refractivity contribution in [1.29, 1.82) is 0 Å². The summed E-state index contributed by atoms with van der Waals surface area (Å²) < 4.78 is 6.35. The average Bonchev–Trinajstić information content (AvgIpc) is 2.90. The second kappa shape index (κ2) is 11.7. The van der Waals surface area contributed by atoms with E-state index in [1.807, 2.05) is 39.1 Å². The molecule has 36 heavy (non-hydrogen) atoms. The molecule has 0 fully saturated rings. The van der Waals surface area contributed by atoms with Gasteiger partial charge in [-0.3, -0.25) is 9.69 Å². The minimum absolute atomic E-state index is 0.00371. The Hall–Kier alpha value is -3.87. The lowest BCUT2D eigenvalue weighted by atomic mass is 9.99. The third kappa shape index (κ3) is 6.22. The highest BCUT2D eigenvalue weighted by Gasteiger charge is 2.34. The molecule has 1 aliphatic heterocycles. The van der Waals surface area contributed by atoms with Crippen molar-refractivity contribution in [2.45, 2.75) is 32.5 Å². The van der Waals surface area contributed by atoms with Crippen LogP contribution in [0.3, 0.4) is 0 Å². The predicted octanol–water partition coefficient (Wildman–Crippen LogP) is 2.02. The molecule has 0 unspecified atom stereocenters. The van der Waals surface area contributed by atoms with Crippen LogP contribution in [0.4, 0.5) is 0 Å². The number of fused-ring (bicyclic) bond motifs is 1. The summed E-state index contributed by atoms with van der Waals surface area (Å²) in [5.74, 6) is 6.06. The van der Waals surface area contributed by atoms with E-state index < -0.39 is 0 Å². The van der Waals surface area contributed by atoms with Gasteiger partial charge in [0, 0.05) is 61.5 Å². The lowest BCUT2D eigenvalue weighted by Gasteiger charge is -2.37. The Bertz CT molecular complexity index is 1230. The first-order chi connectivity index (χ1) is 17.4. The summed E-state index contributed by atoms with van der Waals surface area (Å²) >= 11 is 0. The number of likely N-dealkylation sites (N-methyl/N-ethyl adjacent to an activating group) is 1. The van der Waals surface area contributed by atoms with E-state index in [1.165, 1.54) is 6.33 Å². The molecule has 1 aliphatic rings. The summed E-state index contributed by atoms with van der Waals surface area (Å²) in [6.45, 7) is 5.45. The molecule has 0 radical (unpaired) electrons. The van der Waals surface area contributed by atoms with Crippen molar-refractivity contribution in [2.75, 3.05) is 26.7 Å². The van der Waals surface area contributed by atoms with Gasteiger partial charge in [0.2, 0.25) is 5.88 Å². The lowest BCUT2D eigenvalue weighted by Crippen LogP contribution is -2.49. The number of pyridine rings is 2. The number of rotatable bonds is 6. The number of aliphatic hydroxyl groups excluding tert-OH is 1. The second-order valence-corrected chi connectivity index (χ2v) is 9.11. The quantitative estimate of drug-likeness (QED) is 0.528. The van der Waals surface area contributed by atoms with Gasteiger partial charge in [0.15, 0.2) is 0 Å². The standard InChI is InChI=1S/C27H30N6O3/c1-19-14-33(20(2)17-34)27(35)24-10-21(7-8-23-6-4-5-9-30-23)13-31-26(24)36-25(19)16-32(3)15-22-11-28-18-29-12-22/h4-6,9-13,18-20,25,34H,14-17H2,1-3H3/t19-,20-,25-/m0/s1. The van der Waals surface area contributed by atoms with Gasteiger partial charge in [0.1, 0.15) is 23.7 Å². The van der Waals surface area contributed by atoms with Crippen LogP contribution in [0.15, 0.2) is 55.4 Å². The van der Waals surface area contributed by atoms with Crippen molar-refractivity contribution in [3.8, 4) is 17.7 Å². The van der Waals surface area contributed by atoms with Crippen molar-refractivity contribution in [3.05, 3.63) is 77.8 Å². The zero-order valence-corrected chi connectivity index (χ0v) is 20.7. The van der Waals surface area contributed by atoms with E-state index in [-0.39, 0.29) is 36.5 Å². The van der Waals surface area contributed by atoms with Crippen molar-refractivity contribution < 1.29 is 14.6 Å². The molecule has 1 amide bonds. The van der Waals surface area contributed by atoms with Crippen LogP contribution < -0.4 is 4.74 Å². The number of carbonyl (C=O) groups is 1. The molecule has 0 aliphatic carbocycles. The molecule has 0 spiro atoms. The summed E-state index contributed by atoms with van der Waals surface area (Å²) in [7, 11) is 2.01. The molecule has 9 nitrogen and oxygen atoms in total. The molecule has 0 saturated heterocycles. The zero-order valence-electron chi connectivity index (χ0n) is 20.7. The van der Waals surface area contributed by atoms with Gasteiger partial charge in [-0.05, 0) is 38.1 Å². The van der Waals surface area contributed by atoms with Gasteiger partial charge < -0.3 is 14.7 Å². The highest BCUT2D eigenvalue weighted by atomic mass is 16.5. The average molecular weight is 487 g/mol. The van der Waals surface area contributed by atoms with E-state index in [0.717, 1.165) is 5.56 Å². The fourth-order valence-corrected chi connectivity index (χ4v) is 4.06. The number of carbonyl (C=O) groups excluding carboxylic acids is 1. The van der Waals surface area contributed by atoms with Crippen LogP contribution in [0, 0.1) is 17.8 Å². The molecule has 0 aromatic carbocycles. The monoisotopic (exact) mass is 486 g/mol. The van der Waals surface area contributed by atoms with Crippen molar-refractivity contribution in [2.24, 2.45) is 5.92 Å². The lowest BCUT2D eigenvalue weighted by molar-refractivity contribution is 0.0325. The second-order valence-electron chi connectivity index (χ2n) is 9.11. The Labute approximate surface area is 211 Å². The van der Waals surface area contributed by atoms with Crippen LogP contribution in [0.5, 0.6) is 5.88 Å². The van der Waals surface area contributed by atoms with E-state index in [2.05, 4.69) is 36.7 Å². The molecule has 3 atom stereocenters. The maximum absolute atomic E-state index is 13.5. The first-order valence-electron chi connectivity index (χ1n) is 11.9. The molecule has 1 N–H and O–H groups in total. The van der Waals surface area contributed by atoms with Gasteiger partial charge in [-0.25, -0.2) is 19.9 Å². The van der Waals surface area contributed by atoms with Crippen LogP contribution in [0.2, 0.25) is 0 Å². The summed E-state index contributed by atoms with van der Waals surface area (Å²) in [5, 5.41) is 9.85. The van der Waals surface area contributed by atoms with Gasteiger partial charge in [0.25, 0.3) is 5.91 Å². The van der Waals surface area contributed by atoms with Gasteiger partial charge in [-0.15, -0.1) is 0 Å². The van der Waals surface area contributed by atoms with Gasteiger partial charge in [0.05, 0.1) is 12.6 Å². The third-order valence-corrected chi connectivity index (χ3v) is 6.08. The van der Waals surface area contributed by atoms with Crippen LogP contribution in [-0.4, -0.2) is 79.6 Å². The first-order valence-corrected chi connectivity index (χ1v) is 11.9. The zero-order chi connectivity index (χ0) is 25.5. The number of hydrogen-bond donors (Lipinski definition) is 1. The fourth-order valence-electron chi connectivity index (χ4n) is 4.06. The minimum atomic E-state index is -0.353. The summed E-state index contributed by atoms with van der Waals surface area (Å²) in [6.07, 6.45) is 8.14. The van der Waals surface area contributed by atoms with Gasteiger partial charge in [-0.2, -0.15) is 0 Å². The number of aromatic nitrogens is 4. The largest absolute Gasteiger partial charge is 0.472 e. The van der Waals surface area contributed by atoms with E-state index in [9.17, 15) is 9.90 Å². The Morgan fingerprint density at radius 3 is 2.75 bits per heavy atom. The molecule has 3 aromatic heterocycles. The van der Waals surface area contributed by atoms with Crippen LogP contribution in [-0.2, 0) is 6.54 Å². The minimum Gasteiger partial charge on any atom is -0.472 e. The van der Waals surface area contributed by atoms with Gasteiger partial charge in [-0.1, -0.05) is 18.9 Å². The van der Waals surface area contributed by atoms with Crippen molar-refractivity contribution in [1.82, 2.24) is 29.7 Å². The van der Waals surface area contributed by atoms with Crippen LogP contribution in [0.1, 0.15) is 41.0 Å². The molecule has 186 valence electrons. The SMILES string of the molecule is C[C@H]1CN([C@@H](C)CO)C(=O)c2cc(C#Cc3ccccn3)cnc2O[C@H]1CN(C)Cc1cncnc1. The number of aliphatic hydroxyl groups is 1. The topological polar surface area (TPSA) is 105 Å². The molecule has 9 heteroatoms. The Kier molecular flexibility index (Phi) is 8.21. The summed E-state index contributed by atoms with van der Waals surface area (Å²) in [4.78, 5) is 34.2. The van der Waals surface area contributed by atoms with Gasteiger partial charge >= 0.3 is 0 Å². The summed E-state index contributed by atoms with van der Waals surface area (Å²) in [5.41, 5.74) is 2.54. The fraction of sp³-hybridized carbons (Fsp3) is 0.370. The van der Waals surface area contributed by atoms with E-state index in [4.69, 9.17) is 4.74 Å². The van der Waals surface area contributed by atoms with E-state index >= 15 is 0 Å². The molecule has 4 heterocycles. The smallest absolute Gasteiger partial charge is 0.259 e. The normalized spacial score (nSPS) is 18.4. The highest BCUT2D eigenvalue weighted by Crippen LogP contribution is 2.27. The van der Waals surface area contributed by atoms with E-state index in [0.29, 0.717) is 36.5 Å². The Balaban J connectivity index is 1.63. The molecule has 3 aromatic rings. The Morgan fingerprint density at radius 2 is 2.03 bits per heavy atom. The summed E-state index contributed by atoms with van der Waals surface area (Å²) in [6, 6.07) is 6.86. The highest BCUT2D eigenvalue weighted by molar-refractivity contribution is 5.97. The third-order valence-electron chi connectivity index (χ3n) is 6.08. The molecular formula is C27H30N6O3. The molecule has 0 saturated carbocycles. The Morgan fingerprint density at radius 1 is 1.22 bits per heavy atom. The van der Waals surface area contributed by atoms with Crippen molar-refractivity contribution in [3.63, 3.8) is 0 Å². The maximum atomic E-state index is 13.5. The number of amides is 1.